The van der Waals surface area contributed by atoms with Crippen molar-refractivity contribution in [1.29, 1.82) is 0 Å². The summed E-state index contributed by atoms with van der Waals surface area (Å²) < 4.78 is 0. The van der Waals surface area contributed by atoms with Crippen molar-refractivity contribution in [3.05, 3.63) is 35.4 Å². The molecule has 0 aliphatic carbocycles. The minimum Gasteiger partial charge on any atom is -0.481 e. The number of aliphatic carboxylic acids is 1. The quantitative estimate of drug-likeness (QED) is 0.538. The van der Waals surface area contributed by atoms with Gasteiger partial charge in [0, 0.05) is 5.56 Å². The van der Waals surface area contributed by atoms with Crippen LogP contribution in [0.3, 0.4) is 0 Å². The second-order valence-electron chi connectivity index (χ2n) is 5.04. The van der Waals surface area contributed by atoms with Gasteiger partial charge < -0.3 is 10.4 Å². The van der Waals surface area contributed by atoms with Gasteiger partial charge in [-0.3, -0.25) is 9.59 Å². The average Bonchev–Trinajstić information content (AvgIpc) is 2.42. The number of aryl methyl sites for hydroxylation is 1. The maximum Gasteiger partial charge on any atom is 0.305 e. The van der Waals surface area contributed by atoms with Crippen molar-refractivity contribution in [2.75, 3.05) is 6.54 Å². The third kappa shape index (κ3) is 5.53. The molecular formula is C16H23NO3. The number of benzene rings is 1. The molecule has 0 bridgehead atoms. The van der Waals surface area contributed by atoms with Crippen LogP contribution in [0.4, 0.5) is 0 Å². The normalized spacial score (nSPS) is 12.1. The summed E-state index contributed by atoms with van der Waals surface area (Å²) in [6.45, 7) is 4.72. The number of rotatable bonds is 9. The van der Waals surface area contributed by atoms with Crippen LogP contribution in [0.1, 0.15) is 48.5 Å². The zero-order chi connectivity index (χ0) is 15.0. The van der Waals surface area contributed by atoms with Crippen molar-refractivity contribution in [3.63, 3.8) is 0 Å². The zero-order valence-electron chi connectivity index (χ0n) is 12.2. The highest BCUT2D eigenvalue weighted by Crippen LogP contribution is 2.09. The van der Waals surface area contributed by atoms with Gasteiger partial charge in [-0.15, -0.1) is 0 Å². The summed E-state index contributed by atoms with van der Waals surface area (Å²) in [7, 11) is 0. The van der Waals surface area contributed by atoms with Gasteiger partial charge in [-0.05, 0) is 19.9 Å². The van der Waals surface area contributed by atoms with Crippen molar-refractivity contribution in [1.82, 2.24) is 5.32 Å². The number of carbonyl (C=O) groups excluding carboxylic acids is 1. The molecule has 4 heteroatoms. The molecule has 0 spiro atoms. The Morgan fingerprint density at radius 3 is 2.40 bits per heavy atom. The van der Waals surface area contributed by atoms with Crippen molar-refractivity contribution in [3.8, 4) is 0 Å². The number of unbranched alkanes of at least 4 members (excludes halogenated alkanes) is 2. The third-order valence-electron chi connectivity index (χ3n) is 3.20. The molecule has 1 aromatic rings. The molecule has 20 heavy (non-hydrogen) atoms. The Balaban J connectivity index is 2.68. The maximum absolute atomic E-state index is 12.3. The fraction of sp³-hybridized carbons (Fsp3) is 0.500. The number of carboxylic acid groups (broad SMARTS) is 1. The molecule has 0 saturated carbocycles. The van der Waals surface area contributed by atoms with E-state index in [2.05, 4.69) is 12.2 Å². The monoisotopic (exact) mass is 277 g/mol. The summed E-state index contributed by atoms with van der Waals surface area (Å²) in [5, 5.41) is 12.0. The van der Waals surface area contributed by atoms with Gasteiger partial charge in [0.05, 0.1) is 12.5 Å². The van der Waals surface area contributed by atoms with Crippen molar-refractivity contribution >= 4 is 11.8 Å². The van der Waals surface area contributed by atoms with E-state index >= 15 is 0 Å². The Hall–Kier alpha value is -1.68. The molecule has 1 rings (SSSR count). The summed E-state index contributed by atoms with van der Waals surface area (Å²) in [4.78, 5) is 23.2. The number of ketones is 1. The minimum atomic E-state index is -0.960. The first-order chi connectivity index (χ1) is 9.54. The molecule has 1 atom stereocenters. The van der Waals surface area contributed by atoms with Gasteiger partial charge in [0.15, 0.2) is 5.78 Å². The number of carbonyl (C=O) groups is 2. The van der Waals surface area contributed by atoms with Crippen LogP contribution < -0.4 is 5.32 Å². The smallest absolute Gasteiger partial charge is 0.305 e. The molecule has 0 aromatic heterocycles. The lowest BCUT2D eigenvalue weighted by Gasteiger charge is -2.16. The summed E-state index contributed by atoms with van der Waals surface area (Å²) in [6, 6.07) is 6.58. The van der Waals surface area contributed by atoms with E-state index in [4.69, 9.17) is 5.11 Å². The summed E-state index contributed by atoms with van der Waals surface area (Å²) in [5.74, 6) is -1.11. The first kappa shape index (κ1) is 16.4. The molecule has 0 radical (unpaired) electrons. The lowest BCUT2D eigenvalue weighted by molar-refractivity contribution is -0.137. The van der Waals surface area contributed by atoms with E-state index in [0.29, 0.717) is 12.1 Å². The molecule has 0 amide bonds. The number of hydrogen-bond donors (Lipinski definition) is 2. The molecule has 0 aliphatic rings. The van der Waals surface area contributed by atoms with Gasteiger partial charge in [0.2, 0.25) is 0 Å². The van der Waals surface area contributed by atoms with Gasteiger partial charge in [0.1, 0.15) is 0 Å². The van der Waals surface area contributed by atoms with Gasteiger partial charge >= 0.3 is 5.97 Å². The summed E-state index contributed by atoms with van der Waals surface area (Å²) in [6.07, 6.45) is 2.94. The minimum absolute atomic E-state index is 0.149. The predicted octanol–water partition coefficient (Wildman–Crippen LogP) is 2.80. The van der Waals surface area contributed by atoms with Gasteiger partial charge in [-0.25, -0.2) is 0 Å². The van der Waals surface area contributed by atoms with E-state index in [1.807, 2.05) is 19.1 Å². The topological polar surface area (TPSA) is 66.4 Å². The predicted molar refractivity (Wildman–Crippen MR) is 79.1 cm³/mol. The SMILES string of the molecule is CCCCCNC(CC(=O)O)C(=O)c1ccc(C)cc1. The molecule has 0 aliphatic heterocycles. The van der Waals surface area contributed by atoms with Crippen molar-refractivity contribution < 1.29 is 14.7 Å². The van der Waals surface area contributed by atoms with Crippen LogP contribution >= 0.6 is 0 Å². The Morgan fingerprint density at radius 1 is 1.20 bits per heavy atom. The number of Topliss-reactive ketones (excluding diaryl/α,β-unsaturated/α-hetero) is 1. The summed E-state index contributed by atoms with van der Waals surface area (Å²) in [5.41, 5.74) is 1.64. The van der Waals surface area contributed by atoms with Gasteiger partial charge in [0.25, 0.3) is 0 Å². The van der Waals surface area contributed by atoms with E-state index < -0.39 is 12.0 Å². The Morgan fingerprint density at radius 2 is 1.85 bits per heavy atom. The first-order valence-corrected chi connectivity index (χ1v) is 7.10. The Kier molecular flexibility index (Phi) is 6.94. The highest BCUT2D eigenvalue weighted by molar-refractivity contribution is 6.01. The van der Waals surface area contributed by atoms with Crippen LogP contribution in [0.2, 0.25) is 0 Å². The van der Waals surface area contributed by atoms with Crippen LogP contribution in [0, 0.1) is 6.92 Å². The molecule has 0 fully saturated rings. The van der Waals surface area contributed by atoms with E-state index in [0.717, 1.165) is 24.8 Å². The highest BCUT2D eigenvalue weighted by atomic mass is 16.4. The lowest BCUT2D eigenvalue weighted by atomic mass is 10.0. The van der Waals surface area contributed by atoms with Crippen molar-refractivity contribution in [2.45, 2.75) is 45.6 Å². The molecular weight excluding hydrogens is 254 g/mol. The molecule has 1 unspecified atom stereocenters. The Labute approximate surface area is 120 Å². The van der Waals surface area contributed by atoms with Crippen molar-refractivity contribution in [2.24, 2.45) is 0 Å². The second kappa shape index (κ2) is 8.48. The zero-order valence-corrected chi connectivity index (χ0v) is 12.2. The van der Waals surface area contributed by atoms with Crippen LogP contribution in [0.25, 0.3) is 0 Å². The standard InChI is InChI=1S/C16H23NO3/c1-3-4-5-10-17-14(11-15(18)19)16(20)13-8-6-12(2)7-9-13/h6-9,14,17H,3-5,10-11H2,1-2H3,(H,18,19). The van der Waals surface area contributed by atoms with Gasteiger partial charge in [-0.1, -0.05) is 49.6 Å². The number of hydrogen-bond acceptors (Lipinski definition) is 3. The molecule has 2 N–H and O–H groups in total. The average molecular weight is 277 g/mol. The fourth-order valence-electron chi connectivity index (χ4n) is 2.00. The number of carboxylic acids is 1. The maximum atomic E-state index is 12.3. The van der Waals surface area contributed by atoms with Crippen LogP contribution in [-0.2, 0) is 4.79 Å². The van der Waals surface area contributed by atoms with E-state index in [9.17, 15) is 9.59 Å². The lowest BCUT2D eigenvalue weighted by Crippen LogP contribution is -2.39. The van der Waals surface area contributed by atoms with Crippen LogP contribution in [-0.4, -0.2) is 29.4 Å². The molecule has 0 heterocycles. The third-order valence-corrected chi connectivity index (χ3v) is 3.20. The largest absolute Gasteiger partial charge is 0.481 e. The van der Waals surface area contributed by atoms with E-state index in [1.165, 1.54) is 0 Å². The van der Waals surface area contributed by atoms with Crippen LogP contribution in [0.5, 0.6) is 0 Å². The fourth-order valence-corrected chi connectivity index (χ4v) is 2.00. The van der Waals surface area contributed by atoms with Gasteiger partial charge in [-0.2, -0.15) is 0 Å². The van der Waals surface area contributed by atoms with E-state index in [-0.39, 0.29) is 12.2 Å². The Bertz CT molecular complexity index is 440. The highest BCUT2D eigenvalue weighted by Gasteiger charge is 2.22. The molecule has 0 saturated heterocycles. The molecule has 4 nitrogen and oxygen atoms in total. The van der Waals surface area contributed by atoms with Crippen LogP contribution in [0.15, 0.2) is 24.3 Å². The molecule has 110 valence electrons. The number of nitrogens with one attached hydrogen (secondary N) is 1. The van der Waals surface area contributed by atoms with E-state index in [1.54, 1.807) is 12.1 Å². The summed E-state index contributed by atoms with van der Waals surface area (Å²) >= 11 is 0. The molecule has 1 aromatic carbocycles. The second-order valence-corrected chi connectivity index (χ2v) is 5.04. The first-order valence-electron chi connectivity index (χ1n) is 7.10.